The minimum absolute atomic E-state index is 0.133. The Balaban J connectivity index is 2.33. The van der Waals surface area contributed by atoms with Crippen molar-refractivity contribution >= 4 is 32.6 Å². The van der Waals surface area contributed by atoms with E-state index in [2.05, 4.69) is 11.9 Å². The number of hydrogen-bond acceptors (Lipinski definition) is 5. The van der Waals surface area contributed by atoms with E-state index >= 15 is 0 Å². The van der Waals surface area contributed by atoms with Crippen LogP contribution in [0.4, 0.5) is 10.1 Å². The van der Waals surface area contributed by atoms with E-state index in [-0.39, 0.29) is 35.0 Å². The van der Waals surface area contributed by atoms with Gasteiger partial charge in [-0.25, -0.2) is 12.8 Å². The maximum atomic E-state index is 13.4. The molecule has 1 N–H and O–H groups in total. The summed E-state index contributed by atoms with van der Waals surface area (Å²) in [7, 11) is -0.716. The molecule has 0 radical (unpaired) electrons. The molecular weight excluding hydrogens is 411 g/mol. The van der Waals surface area contributed by atoms with Gasteiger partial charge in [-0.15, -0.1) is 0 Å². The van der Waals surface area contributed by atoms with Crippen molar-refractivity contribution in [3.63, 3.8) is 0 Å². The molecule has 9 heteroatoms. The standard InChI is InChI=1S/C21H21FN2O5S/c1-5-10-28-18-11-15-17(12-16(18)24(3)30(4,26)27)29-20(19(15)21(25)23-2)13-6-8-14(22)9-7-13/h5-9,11-12H,1,10H2,2-4H3,(H,23,25). The molecule has 7 nitrogen and oxygen atoms in total. The average Bonchev–Trinajstić information content (AvgIpc) is 3.08. The molecule has 0 aliphatic heterocycles. The van der Waals surface area contributed by atoms with Crippen molar-refractivity contribution in [2.75, 3.05) is 31.3 Å². The summed E-state index contributed by atoms with van der Waals surface area (Å²) in [6.07, 6.45) is 2.59. The first-order valence-electron chi connectivity index (χ1n) is 8.93. The molecule has 0 saturated carbocycles. The van der Waals surface area contributed by atoms with Crippen molar-refractivity contribution in [3.05, 3.63) is 60.4 Å². The van der Waals surface area contributed by atoms with Crippen LogP contribution in [0.25, 0.3) is 22.3 Å². The lowest BCUT2D eigenvalue weighted by Gasteiger charge is -2.20. The Morgan fingerprint density at radius 3 is 2.53 bits per heavy atom. The Morgan fingerprint density at radius 2 is 1.97 bits per heavy atom. The molecule has 0 aliphatic rings. The van der Waals surface area contributed by atoms with Crippen LogP contribution in [0, 0.1) is 5.82 Å². The van der Waals surface area contributed by atoms with Crippen LogP contribution in [-0.4, -0.2) is 41.3 Å². The summed E-state index contributed by atoms with van der Waals surface area (Å²) in [6.45, 7) is 3.73. The lowest BCUT2D eigenvalue weighted by molar-refractivity contribution is 0.0964. The van der Waals surface area contributed by atoms with E-state index in [0.717, 1.165) is 10.6 Å². The Hall–Kier alpha value is -3.33. The second kappa shape index (κ2) is 8.19. The molecule has 0 aliphatic carbocycles. The molecule has 30 heavy (non-hydrogen) atoms. The van der Waals surface area contributed by atoms with Crippen molar-refractivity contribution in [3.8, 4) is 17.1 Å². The number of carbonyl (C=O) groups is 1. The average molecular weight is 432 g/mol. The molecule has 0 unspecified atom stereocenters. The zero-order valence-corrected chi connectivity index (χ0v) is 17.5. The SMILES string of the molecule is C=CCOc1cc2c(C(=O)NC)c(-c3ccc(F)cc3)oc2cc1N(C)S(C)(=O)=O. The molecule has 0 atom stereocenters. The third-order valence-electron chi connectivity index (χ3n) is 4.52. The van der Waals surface area contributed by atoms with Gasteiger partial charge >= 0.3 is 0 Å². The highest BCUT2D eigenvalue weighted by Gasteiger charge is 2.25. The van der Waals surface area contributed by atoms with Crippen LogP contribution in [-0.2, 0) is 10.0 Å². The van der Waals surface area contributed by atoms with E-state index < -0.39 is 21.7 Å². The topological polar surface area (TPSA) is 88.8 Å². The second-order valence-electron chi connectivity index (χ2n) is 6.54. The second-order valence-corrected chi connectivity index (χ2v) is 8.55. The molecule has 0 saturated heterocycles. The van der Waals surface area contributed by atoms with Gasteiger partial charge in [-0.1, -0.05) is 12.7 Å². The normalized spacial score (nSPS) is 11.3. The Bertz CT molecular complexity index is 1220. The molecule has 1 aromatic heterocycles. The largest absolute Gasteiger partial charge is 0.487 e. The fourth-order valence-corrected chi connectivity index (χ4v) is 3.46. The predicted molar refractivity (Wildman–Crippen MR) is 114 cm³/mol. The molecule has 1 heterocycles. The molecular formula is C21H21FN2O5S. The van der Waals surface area contributed by atoms with Crippen LogP contribution in [0.1, 0.15) is 10.4 Å². The van der Waals surface area contributed by atoms with Gasteiger partial charge in [0.2, 0.25) is 10.0 Å². The minimum atomic E-state index is -3.59. The molecule has 158 valence electrons. The number of amides is 1. The monoisotopic (exact) mass is 432 g/mol. The fourth-order valence-electron chi connectivity index (χ4n) is 2.96. The van der Waals surface area contributed by atoms with E-state index in [4.69, 9.17) is 9.15 Å². The summed E-state index contributed by atoms with van der Waals surface area (Å²) in [4.78, 5) is 12.6. The number of carbonyl (C=O) groups excluding carboxylic acids is 1. The smallest absolute Gasteiger partial charge is 0.255 e. The zero-order chi connectivity index (χ0) is 22.1. The van der Waals surface area contributed by atoms with Gasteiger partial charge in [0.15, 0.2) is 0 Å². The Labute approximate surface area is 173 Å². The van der Waals surface area contributed by atoms with E-state index in [1.165, 1.54) is 50.5 Å². The third kappa shape index (κ3) is 4.02. The molecule has 0 fully saturated rings. The van der Waals surface area contributed by atoms with E-state index in [1.807, 2.05) is 0 Å². The first kappa shape index (κ1) is 21.4. The van der Waals surface area contributed by atoms with Gasteiger partial charge in [-0.3, -0.25) is 9.10 Å². The van der Waals surface area contributed by atoms with Crippen LogP contribution in [0.3, 0.4) is 0 Å². The van der Waals surface area contributed by atoms with Gasteiger partial charge in [0.05, 0.1) is 17.5 Å². The fraction of sp³-hybridized carbons (Fsp3) is 0.190. The molecule has 0 bridgehead atoms. The van der Waals surface area contributed by atoms with Gasteiger partial charge in [0.25, 0.3) is 5.91 Å². The number of nitrogens with one attached hydrogen (secondary N) is 1. The minimum Gasteiger partial charge on any atom is -0.487 e. The van der Waals surface area contributed by atoms with Gasteiger partial charge in [-0.2, -0.15) is 0 Å². The van der Waals surface area contributed by atoms with Crippen molar-refractivity contribution in [1.29, 1.82) is 0 Å². The highest BCUT2D eigenvalue weighted by Crippen LogP contribution is 2.40. The van der Waals surface area contributed by atoms with Crippen LogP contribution in [0.15, 0.2) is 53.5 Å². The summed E-state index contributed by atoms with van der Waals surface area (Å²) < 4.78 is 50.2. The number of rotatable bonds is 7. The molecule has 3 aromatic rings. The van der Waals surface area contributed by atoms with Crippen molar-refractivity contribution in [1.82, 2.24) is 5.32 Å². The quantitative estimate of drug-likeness (QED) is 0.577. The van der Waals surface area contributed by atoms with E-state index in [1.54, 1.807) is 6.07 Å². The number of halogens is 1. The maximum Gasteiger partial charge on any atom is 0.255 e. The van der Waals surface area contributed by atoms with Crippen molar-refractivity contribution in [2.24, 2.45) is 0 Å². The van der Waals surface area contributed by atoms with Crippen LogP contribution in [0.2, 0.25) is 0 Å². The van der Waals surface area contributed by atoms with Crippen LogP contribution >= 0.6 is 0 Å². The van der Waals surface area contributed by atoms with E-state index in [0.29, 0.717) is 10.9 Å². The maximum absolute atomic E-state index is 13.4. The van der Waals surface area contributed by atoms with Crippen molar-refractivity contribution in [2.45, 2.75) is 0 Å². The number of benzene rings is 2. The predicted octanol–water partition coefficient (Wildman–Crippen LogP) is 3.56. The number of sulfonamides is 1. The highest BCUT2D eigenvalue weighted by molar-refractivity contribution is 7.92. The summed E-state index contributed by atoms with van der Waals surface area (Å²) in [6, 6.07) is 8.57. The molecule has 1 amide bonds. The lowest BCUT2D eigenvalue weighted by atomic mass is 10.0. The van der Waals surface area contributed by atoms with Gasteiger partial charge in [-0.05, 0) is 30.3 Å². The number of hydrogen-bond donors (Lipinski definition) is 1. The third-order valence-corrected chi connectivity index (χ3v) is 5.72. The first-order valence-corrected chi connectivity index (χ1v) is 10.8. The number of anilines is 1. The molecule has 3 rings (SSSR count). The van der Waals surface area contributed by atoms with Crippen LogP contribution < -0.4 is 14.4 Å². The van der Waals surface area contributed by atoms with E-state index in [9.17, 15) is 17.6 Å². The summed E-state index contributed by atoms with van der Waals surface area (Å²) in [5, 5.41) is 3.00. The summed E-state index contributed by atoms with van der Waals surface area (Å²) in [5.41, 5.74) is 1.26. The number of nitrogens with zero attached hydrogens (tertiary/aromatic N) is 1. The molecule has 0 spiro atoms. The number of furan rings is 1. The first-order chi connectivity index (χ1) is 14.2. The zero-order valence-electron chi connectivity index (χ0n) is 16.7. The summed E-state index contributed by atoms with van der Waals surface area (Å²) in [5.74, 6) is -0.356. The van der Waals surface area contributed by atoms with Gasteiger partial charge < -0.3 is 14.5 Å². The molecule has 2 aromatic carbocycles. The van der Waals surface area contributed by atoms with Crippen LogP contribution in [0.5, 0.6) is 5.75 Å². The summed E-state index contributed by atoms with van der Waals surface area (Å²) >= 11 is 0. The van der Waals surface area contributed by atoms with Gasteiger partial charge in [0.1, 0.15) is 29.5 Å². The number of ether oxygens (including phenoxy) is 1. The van der Waals surface area contributed by atoms with Crippen molar-refractivity contribution < 1.29 is 26.8 Å². The number of fused-ring (bicyclic) bond motifs is 1. The Morgan fingerprint density at radius 1 is 1.30 bits per heavy atom. The Kier molecular flexibility index (Phi) is 5.84. The lowest BCUT2D eigenvalue weighted by Crippen LogP contribution is -2.25. The highest BCUT2D eigenvalue weighted by atomic mass is 32.2. The van der Waals surface area contributed by atoms with Gasteiger partial charge in [0, 0.05) is 31.1 Å².